The summed E-state index contributed by atoms with van der Waals surface area (Å²) in [6.45, 7) is 5.06. The summed E-state index contributed by atoms with van der Waals surface area (Å²) in [5.74, 6) is 0. The zero-order valence-electron chi connectivity index (χ0n) is 64.3. The summed E-state index contributed by atoms with van der Waals surface area (Å²) < 4.78 is 44.9. The maximum absolute atomic E-state index is 5.61. The first-order valence-electron chi connectivity index (χ1n) is 38.1. The number of ether oxygens (including phenoxy) is 8. The molecular weight excluding hydrogens is 1350 g/mol. The van der Waals surface area contributed by atoms with Crippen LogP contribution in [0.25, 0.3) is 22.3 Å². The Morgan fingerprint density at radius 1 is 0.174 bits per heavy atom. The maximum atomic E-state index is 5.61. The molecule has 0 heterocycles. The zero-order chi connectivity index (χ0) is 75.1. The maximum Gasteiger partial charge on any atom is 0.0728 e. The van der Waals surface area contributed by atoms with Crippen molar-refractivity contribution in [2.75, 3.05) is 129 Å². The highest BCUT2D eigenvalue weighted by atomic mass is 16.5. The molecule has 0 N–H and O–H groups in total. The number of rotatable bonds is 36. The first-order valence-corrected chi connectivity index (χ1v) is 38.1. The molecule has 0 atom stereocenters. The molecule has 12 aromatic carbocycles. The topological polar surface area (TPSA) is 86.8 Å². The van der Waals surface area contributed by atoms with Crippen molar-refractivity contribution < 1.29 is 37.9 Å². The molecule has 2 aliphatic rings. The largest absolute Gasteiger partial charge is 0.384 e. The summed E-state index contributed by atoms with van der Waals surface area (Å²) in [7, 11) is 14.1. The molecule has 0 aliphatic heterocycles. The second-order valence-electron chi connectivity index (χ2n) is 28.3. The van der Waals surface area contributed by atoms with Gasteiger partial charge in [0.2, 0.25) is 0 Å². The lowest BCUT2D eigenvalue weighted by atomic mass is 9.70. The van der Waals surface area contributed by atoms with Crippen LogP contribution in [0, 0.1) is 0 Å². The number of hydrogen-bond acceptors (Lipinski definition) is 12. The molecule has 0 saturated heterocycles. The van der Waals surface area contributed by atoms with Gasteiger partial charge in [-0.3, -0.25) is 0 Å². The lowest BCUT2D eigenvalue weighted by Crippen LogP contribution is -2.27. The molecule has 0 unspecified atom stereocenters. The molecule has 2 aliphatic carbocycles. The van der Waals surface area contributed by atoms with E-state index in [1.165, 1.54) is 66.8 Å². The van der Waals surface area contributed by atoms with Crippen LogP contribution < -0.4 is 19.6 Å². The van der Waals surface area contributed by atoms with E-state index in [0.717, 1.165) is 142 Å². The highest BCUT2D eigenvalue weighted by Gasteiger charge is 2.53. The highest BCUT2D eigenvalue weighted by Crippen LogP contribution is 2.66. The molecule has 0 amide bonds. The van der Waals surface area contributed by atoms with Gasteiger partial charge in [0.15, 0.2) is 0 Å². The van der Waals surface area contributed by atoms with Crippen LogP contribution in [0.5, 0.6) is 0 Å². The van der Waals surface area contributed by atoms with Crippen LogP contribution in [-0.2, 0) is 94.7 Å². The number of methoxy groups -OCH3 is 8. The molecule has 0 saturated carbocycles. The fraction of sp³-hybridized carbons (Fsp3) is 0.258. The fourth-order valence-electron chi connectivity index (χ4n) is 15.8. The Balaban J connectivity index is 1.07. The number of benzene rings is 12. The summed E-state index contributed by atoms with van der Waals surface area (Å²) in [6.07, 6.45) is 6.44. The Morgan fingerprint density at radius 2 is 0.303 bits per heavy atom. The van der Waals surface area contributed by atoms with E-state index in [1.807, 2.05) is 0 Å². The number of hydrogen-bond donors (Lipinski definition) is 0. The minimum absolute atomic E-state index is 0.633. The third-order valence-electron chi connectivity index (χ3n) is 21.6. The van der Waals surface area contributed by atoms with Crippen molar-refractivity contribution in [3.05, 3.63) is 334 Å². The molecule has 556 valence electrons. The quantitative estimate of drug-likeness (QED) is 0.0375. The van der Waals surface area contributed by atoms with Gasteiger partial charge in [-0.05, 0) is 286 Å². The third kappa shape index (κ3) is 16.3. The predicted molar refractivity (Wildman–Crippen MR) is 446 cm³/mol. The van der Waals surface area contributed by atoms with Crippen LogP contribution in [0.2, 0.25) is 0 Å². The zero-order valence-corrected chi connectivity index (χ0v) is 64.3. The molecule has 12 nitrogen and oxygen atoms in total. The van der Waals surface area contributed by atoms with Gasteiger partial charge in [0.05, 0.1) is 58.3 Å². The Morgan fingerprint density at radius 3 is 0.431 bits per heavy atom. The molecular formula is C97H100N4O8. The molecule has 109 heavy (non-hydrogen) atoms. The van der Waals surface area contributed by atoms with Crippen molar-refractivity contribution in [1.29, 1.82) is 0 Å². The third-order valence-corrected chi connectivity index (χ3v) is 21.6. The van der Waals surface area contributed by atoms with Crippen molar-refractivity contribution in [2.24, 2.45) is 0 Å². The molecule has 0 fully saturated rings. The van der Waals surface area contributed by atoms with E-state index in [-0.39, 0.29) is 0 Å². The van der Waals surface area contributed by atoms with Gasteiger partial charge in [0.1, 0.15) is 0 Å². The van der Waals surface area contributed by atoms with Crippen LogP contribution >= 0.6 is 0 Å². The Bertz CT molecular complexity index is 4120. The van der Waals surface area contributed by atoms with Crippen LogP contribution in [0.3, 0.4) is 0 Å². The number of nitrogens with zero attached hydrogens (tertiary/aromatic N) is 4. The monoisotopic (exact) mass is 1450 g/mol. The van der Waals surface area contributed by atoms with Gasteiger partial charge >= 0.3 is 0 Å². The first-order chi connectivity index (χ1) is 53.7. The lowest BCUT2D eigenvalue weighted by molar-refractivity contribution is 0.202. The van der Waals surface area contributed by atoms with Crippen LogP contribution in [0.1, 0.15) is 66.8 Å². The van der Waals surface area contributed by atoms with Crippen LogP contribution in [0.4, 0.5) is 68.2 Å². The summed E-state index contributed by atoms with van der Waals surface area (Å²) in [5.41, 5.74) is 30.5. The predicted octanol–water partition coefficient (Wildman–Crippen LogP) is 21.4. The average Bonchev–Trinajstić information content (AvgIpc) is 1.50. The number of anilines is 12. The van der Waals surface area contributed by atoms with Crippen LogP contribution in [-0.4, -0.2) is 110 Å². The van der Waals surface area contributed by atoms with Gasteiger partial charge in [-0.1, -0.05) is 121 Å². The van der Waals surface area contributed by atoms with Crippen molar-refractivity contribution >= 4 is 68.2 Å². The van der Waals surface area contributed by atoms with E-state index < -0.39 is 5.41 Å². The Hall–Kier alpha value is -10.5. The van der Waals surface area contributed by atoms with Gasteiger partial charge < -0.3 is 57.5 Å². The van der Waals surface area contributed by atoms with Gasteiger partial charge in [0, 0.05) is 125 Å². The van der Waals surface area contributed by atoms with Crippen molar-refractivity contribution in [2.45, 2.75) is 56.8 Å². The molecule has 0 bridgehead atoms. The molecule has 0 radical (unpaired) electrons. The van der Waals surface area contributed by atoms with Crippen molar-refractivity contribution in [1.82, 2.24) is 0 Å². The number of fused-ring (bicyclic) bond motifs is 10. The summed E-state index contributed by atoms with van der Waals surface area (Å²) in [6, 6.07) is 101. The average molecular weight is 1450 g/mol. The van der Waals surface area contributed by atoms with E-state index in [4.69, 9.17) is 37.9 Å². The van der Waals surface area contributed by atoms with E-state index >= 15 is 0 Å². The molecule has 1 spiro atoms. The Kier molecular flexibility index (Phi) is 24.7. The fourth-order valence-corrected chi connectivity index (χ4v) is 15.8. The minimum Gasteiger partial charge on any atom is -0.384 e. The standard InChI is InChI=1S/C97H100N4O8/c1-102-57-49-69-9-25-77(26-10-69)98(78-27-11-70(12-28-78)50-58-103-2)85-41-45-89-90-46-42-86(99(79-29-13-71(14-30-79)51-59-104-3)80-31-15-72(16-32-80)52-60-105-4)66-94(90)97(93(89)65-85)95-67-87(100(81-33-17-73(18-34-81)53-61-106-5)82-35-19-74(20-36-82)54-62-107-6)43-47-91(95)92-48-44-88(68-96(92)97)101(83-37-21-75(22-38-83)55-63-108-7)84-39-23-76(24-40-84)56-64-109-8/h9-48,65-68H,49-64H2,1-8H3. The van der Waals surface area contributed by atoms with E-state index in [1.54, 1.807) is 56.9 Å². The molecule has 12 aromatic rings. The summed E-state index contributed by atoms with van der Waals surface area (Å²) in [4.78, 5) is 9.73. The second-order valence-corrected chi connectivity index (χ2v) is 28.3. The van der Waals surface area contributed by atoms with Gasteiger partial charge in [-0.25, -0.2) is 0 Å². The van der Waals surface area contributed by atoms with E-state index in [9.17, 15) is 0 Å². The van der Waals surface area contributed by atoms with Gasteiger partial charge in [-0.15, -0.1) is 0 Å². The van der Waals surface area contributed by atoms with Crippen LogP contribution in [0.15, 0.2) is 267 Å². The molecule has 14 rings (SSSR count). The van der Waals surface area contributed by atoms with Crippen molar-refractivity contribution in [3.63, 3.8) is 0 Å². The summed E-state index contributed by atoms with van der Waals surface area (Å²) >= 11 is 0. The second kappa shape index (κ2) is 35.7. The normalized spacial score (nSPS) is 12.3. The molecule has 12 heteroatoms. The molecule has 0 aromatic heterocycles. The highest BCUT2D eigenvalue weighted by molar-refractivity contribution is 6.00. The van der Waals surface area contributed by atoms with Gasteiger partial charge in [-0.2, -0.15) is 0 Å². The minimum atomic E-state index is -0.980. The lowest BCUT2D eigenvalue weighted by Gasteiger charge is -2.35. The van der Waals surface area contributed by atoms with E-state index in [0.29, 0.717) is 52.9 Å². The summed E-state index contributed by atoms with van der Waals surface area (Å²) in [5, 5.41) is 0. The Labute approximate surface area is 644 Å². The first kappa shape index (κ1) is 75.3. The smallest absolute Gasteiger partial charge is 0.0728 e. The SMILES string of the molecule is COCCc1ccc(N(c2ccc(CCOC)cc2)c2ccc3c(c2)C2(c4cc(N(c5ccc(CCOC)cc5)c5ccc(CCOC)cc5)ccc4-3)c3cc(N(c4ccc(CCOC)cc4)c4ccc(CCOC)cc4)ccc3-c3ccc(N(c4ccc(CCOC)cc4)c4ccc(CCOC)cc4)cc32)cc1. The van der Waals surface area contributed by atoms with Gasteiger partial charge in [0.25, 0.3) is 0 Å². The van der Waals surface area contributed by atoms with E-state index in [2.05, 4.69) is 287 Å². The van der Waals surface area contributed by atoms with Crippen molar-refractivity contribution in [3.8, 4) is 22.3 Å².